The molecule has 6 nitrogen and oxygen atoms in total. The third-order valence-corrected chi connectivity index (χ3v) is 4.92. The predicted molar refractivity (Wildman–Crippen MR) is 85.2 cm³/mol. The summed E-state index contributed by atoms with van der Waals surface area (Å²) in [4.78, 5) is 14.3. The van der Waals surface area contributed by atoms with Gasteiger partial charge in [-0.05, 0) is 31.2 Å². The third kappa shape index (κ3) is 3.94. The summed E-state index contributed by atoms with van der Waals surface area (Å²) in [5.41, 5.74) is 0.497. The molecule has 120 valence electrons. The van der Waals surface area contributed by atoms with Gasteiger partial charge in [-0.25, -0.2) is 13.1 Å². The summed E-state index contributed by atoms with van der Waals surface area (Å²) < 4.78 is 26.3. The average molecular weight is 323 g/mol. The zero-order chi connectivity index (χ0) is 16.2. The van der Waals surface area contributed by atoms with E-state index in [1.807, 2.05) is 6.92 Å². The second-order valence-corrected chi connectivity index (χ2v) is 7.04. The molecule has 1 aliphatic heterocycles. The minimum absolute atomic E-state index is 0.0728. The van der Waals surface area contributed by atoms with E-state index in [1.54, 1.807) is 17.0 Å². The molecular weight excluding hydrogens is 302 g/mol. The van der Waals surface area contributed by atoms with Crippen LogP contribution in [0.1, 0.15) is 17.3 Å². The summed E-state index contributed by atoms with van der Waals surface area (Å²) in [6.07, 6.45) is 1.47. The summed E-state index contributed by atoms with van der Waals surface area (Å²) in [6, 6.07) is 6.27. The first kappa shape index (κ1) is 16.7. The predicted octanol–water partition coefficient (Wildman–Crippen LogP) is 0.585. The maximum Gasteiger partial charge on any atom is 0.253 e. The molecule has 2 N–H and O–H groups in total. The standard InChI is InChI=1S/C15H21N3O3S/c1-3-8-17-22(20,21)14-6-4-13(5-7-14)15(19)18-10-9-16-12(2)11-18/h3-7,12,16-17H,1,8-11H2,2H3. The molecule has 1 atom stereocenters. The quantitative estimate of drug-likeness (QED) is 0.777. The van der Waals surface area contributed by atoms with Gasteiger partial charge in [0.25, 0.3) is 5.91 Å². The number of sulfonamides is 1. The molecule has 7 heteroatoms. The van der Waals surface area contributed by atoms with Crippen molar-refractivity contribution in [3.05, 3.63) is 42.5 Å². The number of hydrogen-bond donors (Lipinski definition) is 2. The van der Waals surface area contributed by atoms with E-state index in [9.17, 15) is 13.2 Å². The molecule has 1 heterocycles. The molecule has 1 saturated heterocycles. The van der Waals surface area contributed by atoms with Crippen molar-refractivity contribution >= 4 is 15.9 Å². The summed E-state index contributed by atoms with van der Waals surface area (Å²) >= 11 is 0. The van der Waals surface area contributed by atoms with E-state index in [4.69, 9.17) is 0 Å². The lowest BCUT2D eigenvalue weighted by Crippen LogP contribution is -2.51. The minimum atomic E-state index is -3.55. The van der Waals surface area contributed by atoms with Crippen LogP contribution in [-0.2, 0) is 10.0 Å². The topological polar surface area (TPSA) is 78.5 Å². The zero-order valence-electron chi connectivity index (χ0n) is 12.6. The Kier molecular flexibility index (Phi) is 5.33. The van der Waals surface area contributed by atoms with Gasteiger partial charge in [-0.2, -0.15) is 0 Å². The summed E-state index contributed by atoms with van der Waals surface area (Å²) in [5, 5.41) is 3.28. The van der Waals surface area contributed by atoms with E-state index < -0.39 is 10.0 Å². The van der Waals surface area contributed by atoms with Crippen molar-refractivity contribution in [2.45, 2.75) is 17.9 Å². The fourth-order valence-electron chi connectivity index (χ4n) is 2.33. The number of nitrogens with one attached hydrogen (secondary N) is 2. The molecule has 0 aliphatic carbocycles. The number of piperazine rings is 1. The van der Waals surface area contributed by atoms with Gasteiger partial charge in [0.05, 0.1) is 4.90 Å². The van der Waals surface area contributed by atoms with E-state index >= 15 is 0 Å². The molecule has 0 saturated carbocycles. The first-order chi connectivity index (χ1) is 10.4. The molecule has 1 aromatic rings. The highest BCUT2D eigenvalue weighted by atomic mass is 32.2. The summed E-state index contributed by atoms with van der Waals surface area (Å²) in [6.45, 7) is 7.74. The van der Waals surface area contributed by atoms with Gasteiger partial charge in [0.15, 0.2) is 0 Å². The van der Waals surface area contributed by atoms with E-state index in [0.717, 1.165) is 6.54 Å². The van der Waals surface area contributed by atoms with Crippen molar-refractivity contribution in [2.75, 3.05) is 26.2 Å². The molecule has 0 spiro atoms. The van der Waals surface area contributed by atoms with Crippen LogP contribution in [-0.4, -0.2) is 51.4 Å². The molecule has 22 heavy (non-hydrogen) atoms. The summed E-state index contributed by atoms with van der Waals surface area (Å²) in [5.74, 6) is -0.0728. The molecule has 1 fully saturated rings. The smallest absolute Gasteiger partial charge is 0.253 e. The monoisotopic (exact) mass is 323 g/mol. The molecule has 1 aliphatic rings. The van der Waals surface area contributed by atoms with Gasteiger partial charge in [0.1, 0.15) is 0 Å². The molecular formula is C15H21N3O3S. The van der Waals surface area contributed by atoms with E-state index in [0.29, 0.717) is 18.7 Å². The minimum Gasteiger partial charge on any atom is -0.336 e. The van der Waals surface area contributed by atoms with Crippen LogP contribution in [0.2, 0.25) is 0 Å². The van der Waals surface area contributed by atoms with Crippen molar-refractivity contribution in [1.82, 2.24) is 14.9 Å². The molecule has 1 amide bonds. The van der Waals surface area contributed by atoms with E-state index in [2.05, 4.69) is 16.6 Å². The van der Waals surface area contributed by atoms with Gasteiger partial charge in [0.2, 0.25) is 10.0 Å². The zero-order valence-corrected chi connectivity index (χ0v) is 13.4. The van der Waals surface area contributed by atoms with Crippen LogP contribution >= 0.6 is 0 Å². The van der Waals surface area contributed by atoms with Crippen molar-refractivity contribution in [3.8, 4) is 0 Å². The van der Waals surface area contributed by atoms with E-state index in [-0.39, 0.29) is 23.4 Å². The lowest BCUT2D eigenvalue weighted by Gasteiger charge is -2.32. The normalized spacial score (nSPS) is 19.0. The number of amides is 1. The van der Waals surface area contributed by atoms with Crippen molar-refractivity contribution < 1.29 is 13.2 Å². The Labute approximate surface area is 131 Å². The summed E-state index contributed by atoms with van der Waals surface area (Å²) in [7, 11) is -3.55. The molecule has 2 rings (SSSR count). The van der Waals surface area contributed by atoms with Crippen LogP contribution in [0.4, 0.5) is 0 Å². The lowest BCUT2D eigenvalue weighted by molar-refractivity contribution is 0.0709. The highest BCUT2D eigenvalue weighted by Crippen LogP contribution is 2.13. The molecule has 1 aromatic carbocycles. The number of hydrogen-bond acceptors (Lipinski definition) is 4. The van der Waals surface area contributed by atoms with Gasteiger partial charge in [-0.3, -0.25) is 4.79 Å². The molecule has 0 radical (unpaired) electrons. The number of benzene rings is 1. The second kappa shape index (κ2) is 7.04. The van der Waals surface area contributed by atoms with Crippen LogP contribution in [0.25, 0.3) is 0 Å². The fourth-order valence-corrected chi connectivity index (χ4v) is 3.33. The number of nitrogens with zero attached hydrogens (tertiary/aromatic N) is 1. The van der Waals surface area contributed by atoms with Gasteiger partial charge < -0.3 is 10.2 Å². The SMILES string of the molecule is C=CCNS(=O)(=O)c1ccc(C(=O)N2CCNC(C)C2)cc1. The molecule has 1 unspecified atom stereocenters. The van der Waals surface area contributed by atoms with Gasteiger partial charge in [0, 0.05) is 37.8 Å². The first-order valence-corrected chi connectivity index (χ1v) is 8.65. The Hall–Kier alpha value is -1.70. The average Bonchev–Trinajstić information content (AvgIpc) is 2.52. The number of carbonyl (C=O) groups is 1. The lowest BCUT2D eigenvalue weighted by atomic mass is 10.1. The van der Waals surface area contributed by atoms with Crippen molar-refractivity contribution in [3.63, 3.8) is 0 Å². The van der Waals surface area contributed by atoms with Gasteiger partial charge in [-0.15, -0.1) is 6.58 Å². The van der Waals surface area contributed by atoms with Crippen LogP contribution in [0.15, 0.2) is 41.8 Å². The van der Waals surface area contributed by atoms with Crippen molar-refractivity contribution in [1.29, 1.82) is 0 Å². The largest absolute Gasteiger partial charge is 0.336 e. The Balaban J connectivity index is 2.11. The van der Waals surface area contributed by atoms with Crippen LogP contribution in [0, 0.1) is 0 Å². The number of rotatable bonds is 5. The third-order valence-electron chi connectivity index (χ3n) is 3.49. The Morgan fingerprint density at radius 1 is 1.45 bits per heavy atom. The maximum absolute atomic E-state index is 12.4. The highest BCUT2D eigenvalue weighted by molar-refractivity contribution is 7.89. The van der Waals surface area contributed by atoms with Gasteiger partial charge in [-0.1, -0.05) is 6.08 Å². The maximum atomic E-state index is 12.4. The van der Waals surface area contributed by atoms with Crippen molar-refractivity contribution in [2.24, 2.45) is 0 Å². The Morgan fingerprint density at radius 3 is 2.73 bits per heavy atom. The molecule has 0 aromatic heterocycles. The molecule has 0 bridgehead atoms. The first-order valence-electron chi connectivity index (χ1n) is 7.17. The van der Waals surface area contributed by atoms with Gasteiger partial charge >= 0.3 is 0 Å². The Bertz CT molecular complexity index is 641. The highest BCUT2D eigenvalue weighted by Gasteiger charge is 2.22. The van der Waals surface area contributed by atoms with Crippen LogP contribution in [0.3, 0.4) is 0 Å². The van der Waals surface area contributed by atoms with E-state index in [1.165, 1.54) is 18.2 Å². The Morgan fingerprint density at radius 2 is 2.14 bits per heavy atom. The fraction of sp³-hybridized carbons (Fsp3) is 0.400. The van der Waals surface area contributed by atoms with Crippen LogP contribution in [0.5, 0.6) is 0 Å². The number of carbonyl (C=O) groups excluding carboxylic acids is 1. The second-order valence-electron chi connectivity index (χ2n) is 5.27. The van der Waals surface area contributed by atoms with Crippen LogP contribution < -0.4 is 10.0 Å².